The van der Waals surface area contributed by atoms with Crippen molar-refractivity contribution in [2.75, 3.05) is 5.32 Å². The third-order valence-electron chi connectivity index (χ3n) is 1.90. The predicted molar refractivity (Wildman–Crippen MR) is 50.6 cm³/mol. The molecule has 4 heteroatoms. The first-order valence-electron chi connectivity index (χ1n) is 4.12. The Kier molecular flexibility index (Phi) is 2.07. The molecular weight excluding hydrogens is 186 g/mol. The number of pyridine rings is 1. The van der Waals surface area contributed by atoms with Crippen molar-refractivity contribution in [1.82, 2.24) is 4.98 Å². The number of hydrogen-bond donors (Lipinski definition) is 1. The van der Waals surface area contributed by atoms with Crippen LogP contribution in [0.2, 0.25) is 5.02 Å². The molecule has 0 unspecified atom stereocenters. The quantitative estimate of drug-likeness (QED) is 0.783. The van der Waals surface area contributed by atoms with Gasteiger partial charge in [0.2, 0.25) is 0 Å². The van der Waals surface area contributed by atoms with Gasteiger partial charge in [0.05, 0.1) is 10.6 Å². The molecule has 0 aromatic carbocycles. The van der Waals surface area contributed by atoms with Crippen LogP contribution in [0.4, 0.5) is 5.82 Å². The molecule has 0 bridgehead atoms. The fourth-order valence-electron chi connectivity index (χ4n) is 1.03. The summed E-state index contributed by atoms with van der Waals surface area (Å²) in [5, 5.41) is 12.3. The third-order valence-corrected chi connectivity index (χ3v) is 2.22. The SMILES string of the molecule is N#Cc1cnc(NC2CC2)cc1Cl. The van der Waals surface area contributed by atoms with Crippen LogP contribution in [0.5, 0.6) is 0 Å². The number of aromatic nitrogens is 1. The number of nitriles is 1. The Morgan fingerprint density at radius 3 is 2.92 bits per heavy atom. The highest BCUT2D eigenvalue weighted by molar-refractivity contribution is 6.31. The van der Waals surface area contributed by atoms with E-state index in [4.69, 9.17) is 16.9 Å². The fraction of sp³-hybridized carbons (Fsp3) is 0.333. The fourth-order valence-corrected chi connectivity index (χ4v) is 1.22. The molecule has 0 saturated heterocycles. The van der Waals surface area contributed by atoms with Crippen LogP contribution >= 0.6 is 11.6 Å². The summed E-state index contributed by atoms with van der Waals surface area (Å²) < 4.78 is 0. The maximum Gasteiger partial charge on any atom is 0.127 e. The minimum atomic E-state index is 0.419. The summed E-state index contributed by atoms with van der Waals surface area (Å²) in [6, 6.07) is 4.21. The van der Waals surface area contributed by atoms with Crippen LogP contribution in [0.25, 0.3) is 0 Å². The molecule has 3 nitrogen and oxygen atoms in total. The molecule has 1 fully saturated rings. The van der Waals surface area contributed by atoms with Gasteiger partial charge in [-0.1, -0.05) is 11.6 Å². The Hall–Kier alpha value is -1.27. The van der Waals surface area contributed by atoms with E-state index in [1.54, 1.807) is 6.07 Å². The number of rotatable bonds is 2. The molecule has 1 saturated carbocycles. The van der Waals surface area contributed by atoms with Gasteiger partial charge in [-0.2, -0.15) is 5.26 Å². The first-order valence-corrected chi connectivity index (χ1v) is 4.49. The van der Waals surface area contributed by atoms with E-state index < -0.39 is 0 Å². The lowest BCUT2D eigenvalue weighted by Crippen LogP contribution is -2.02. The zero-order valence-electron chi connectivity index (χ0n) is 6.92. The maximum atomic E-state index is 8.61. The lowest BCUT2D eigenvalue weighted by Gasteiger charge is -2.03. The lowest BCUT2D eigenvalue weighted by atomic mass is 10.3. The van der Waals surface area contributed by atoms with E-state index in [1.165, 1.54) is 19.0 Å². The van der Waals surface area contributed by atoms with E-state index in [0.29, 0.717) is 16.6 Å². The van der Waals surface area contributed by atoms with E-state index in [0.717, 1.165) is 5.82 Å². The Labute approximate surface area is 81.4 Å². The van der Waals surface area contributed by atoms with Crippen molar-refractivity contribution in [3.8, 4) is 6.07 Å². The highest BCUT2D eigenvalue weighted by Crippen LogP contribution is 2.25. The van der Waals surface area contributed by atoms with Gasteiger partial charge in [0, 0.05) is 18.3 Å². The van der Waals surface area contributed by atoms with Gasteiger partial charge in [0.1, 0.15) is 11.9 Å². The lowest BCUT2D eigenvalue weighted by molar-refractivity contribution is 1.11. The zero-order chi connectivity index (χ0) is 9.26. The van der Waals surface area contributed by atoms with Crippen molar-refractivity contribution in [1.29, 1.82) is 5.26 Å². The number of anilines is 1. The third kappa shape index (κ3) is 1.90. The smallest absolute Gasteiger partial charge is 0.127 e. The van der Waals surface area contributed by atoms with Crippen molar-refractivity contribution in [3.63, 3.8) is 0 Å². The van der Waals surface area contributed by atoms with Crippen molar-refractivity contribution < 1.29 is 0 Å². The Morgan fingerprint density at radius 1 is 1.62 bits per heavy atom. The molecule has 1 aromatic heterocycles. The van der Waals surface area contributed by atoms with Crippen molar-refractivity contribution >= 4 is 17.4 Å². The second-order valence-corrected chi connectivity index (χ2v) is 3.49. The molecule has 66 valence electrons. The second kappa shape index (κ2) is 3.23. The van der Waals surface area contributed by atoms with Crippen LogP contribution in [-0.4, -0.2) is 11.0 Å². The van der Waals surface area contributed by atoms with E-state index >= 15 is 0 Å². The van der Waals surface area contributed by atoms with Gasteiger partial charge in [-0.15, -0.1) is 0 Å². The Morgan fingerprint density at radius 2 is 2.38 bits per heavy atom. The van der Waals surface area contributed by atoms with Gasteiger partial charge in [-0.3, -0.25) is 0 Å². The monoisotopic (exact) mass is 193 g/mol. The molecule has 0 spiro atoms. The van der Waals surface area contributed by atoms with Crippen molar-refractivity contribution in [3.05, 3.63) is 22.8 Å². The minimum absolute atomic E-state index is 0.419. The molecule has 0 atom stereocenters. The molecule has 1 aromatic rings. The van der Waals surface area contributed by atoms with E-state index in [2.05, 4.69) is 10.3 Å². The van der Waals surface area contributed by atoms with Gasteiger partial charge in [0.15, 0.2) is 0 Å². The van der Waals surface area contributed by atoms with Gasteiger partial charge in [-0.05, 0) is 12.8 Å². The van der Waals surface area contributed by atoms with E-state index in [9.17, 15) is 0 Å². The average Bonchev–Trinajstić information content (AvgIpc) is 2.89. The molecular formula is C9H8ClN3. The number of nitrogens with zero attached hydrogens (tertiary/aromatic N) is 2. The van der Waals surface area contributed by atoms with Gasteiger partial charge in [0.25, 0.3) is 0 Å². The molecule has 1 aliphatic rings. The Balaban J connectivity index is 2.19. The summed E-state index contributed by atoms with van der Waals surface area (Å²) in [5.74, 6) is 0.756. The van der Waals surface area contributed by atoms with Gasteiger partial charge in [-0.25, -0.2) is 4.98 Å². The molecule has 1 N–H and O–H groups in total. The highest BCUT2D eigenvalue weighted by Gasteiger charge is 2.21. The number of halogens is 1. The van der Waals surface area contributed by atoms with Gasteiger partial charge < -0.3 is 5.32 Å². The first-order chi connectivity index (χ1) is 6.29. The van der Waals surface area contributed by atoms with E-state index in [1.807, 2.05) is 6.07 Å². The van der Waals surface area contributed by atoms with E-state index in [-0.39, 0.29) is 0 Å². The van der Waals surface area contributed by atoms with Crippen LogP contribution < -0.4 is 5.32 Å². The summed E-state index contributed by atoms with van der Waals surface area (Å²) in [7, 11) is 0. The Bertz CT molecular complexity index is 366. The van der Waals surface area contributed by atoms with Gasteiger partial charge >= 0.3 is 0 Å². The topological polar surface area (TPSA) is 48.7 Å². The summed E-state index contributed by atoms with van der Waals surface area (Å²) >= 11 is 5.83. The van der Waals surface area contributed by atoms with Crippen molar-refractivity contribution in [2.24, 2.45) is 0 Å². The molecule has 0 aliphatic heterocycles. The molecule has 13 heavy (non-hydrogen) atoms. The summed E-state index contributed by atoms with van der Waals surface area (Å²) in [5.41, 5.74) is 0.419. The molecule has 0 radical (unpaired) electrons. The predicted octanol–water partition coefficient (Wildman–Crippen LogP) is 2.18. The number of hydrogen-bond acceptors (Lipinski definition) is 3. The molecule has 1 aliphatic carbocycles. The first kappa shape index (κ1) is 8.33. The standard InChI is InChI=1S/C9H8ClN3/c10-8-3-9(13-7-1-2-7)12-5-6(8)4-11/h3,5,7H,1-2H2,(H,12,13). The largest absolute Gasteiger partial charge is 0.367 e. The zero-order valence-corrected chi connectivity index (χ0v) is 7.67. The highest BCUT2D eigenvalue weighted by atomic mass is 35.5. The summed E-state index contributed by atoms with van der Waals surface area (Å²) in [6.45, 7) is 0. The van der Waals surface area contributed by atoms with Crippen LogP contribution in [0.1, 0.15) is 18.4 Å². The number of nitrogens with one attached hydrogen (secondary N) is 1. The second-order valence-electron chi connectivity index (χ2n) is 3.08. The maximum absolute atomic E-state index is 8.61. The normalized spacial score (nSPS) is 15.1. The van der Waals surface area contributed by atoms with Crippen LogP contribution in [-0.2, 0) is 0 Å². The molecule has 2 rings (SSSR count). The van der Waals surface area contributed by atoms with Crippen molar-refractivity contribution in [2.45, 2.75) is 18.9 Å². The molecule has 0 amide bonds. The van der Waals surface area contributed by atoms with Crippen LogP contribution in [0, 0.1) is 11.3 Å². The minimum Gasteiger partial charge on any atom is -0.367 e. The average molecular weight is 194 g/mol. The van der Waals surface area contributed by atoms with Crippen LogP contribution in [0.15, 0.2) is 12.3 Å². The molecule has 1 heterocycles. The summed E-state index contributed by atoms with van der Waals surface area (Å²) in [6.07, 6.45) is 3.88. The summed E-state index contributed by atoms with van der Waals surface area (Å²) in [4.78, 5) is 4.07. The van der Waals surface area contributed by atoms with Crippen LogP contribution in [0.3, 0.4) is 0 Å².